The summed E-state index contributed by atoms with van der Waals surface area (Å²) in [6.45, 7) is 1.61. The zero-order valence-electron chi connectivity index (χ0n) is 15.5. The number of amides is 2. The Labute approximate surface area is 182 Å². The molecule has 0 aliphatic rings. The number of hydrogen-bond donors (Lipinski definition) is 2. The molecular formula is C22H18BrClN2O3. The largest absolute Gasteiger partial charge is 0.457 e. The Morgan fingerprint density at radius 1 is 0.931 bits per heavy atom. The number of halogens is 2. The minimum Gasteiger partial charge on any atom is -0.457 e. The molecule has 1 unspecified atom stereocenters. The van der Waals surface area contributed by atoms with Crippen molar-refractivity contribution < 1.29 is 14.3 Å². The van der Waals surface area contributed by atoms with E-state index in [-0.39, 0.29) is 5.91 Å². The fourth-order valence-electron chi connectivity index (χ4n) is 2.48. The van der Waals surface area contributed by atoms with Crippen LogP contribution in [0, 0.1) is 0 Å². The van der Waals surface area contributed by atoms with Crippen molar-refractivity contribution in [2.45, 2.75) is 13.0 Å². The lowest BCUT2D eigenvalue weighted by atomic mass is 10.2. The molecule has 0 bridgehead atoms. The van der Waals surface area contributed by atoms with Gasteiger partial charge in [0.05, 0.1) is 10.6 Å². The van der Waals surface area contributed by atoms with Crippen LogP contribution in [-0.4, -0.2) is 17.9 Å². The molecule has 148 valence electrons. The molecule has 5 nitrogen and oxygen atoms in total. The van der Waals surface area contributed by atoms with Gasteiger partial charge in [-0.25, -0.2) is 0 Å². The molecule has 3 aromatic carbocycles. The second kappa shape index (κ2) is 9.58. The van der Waals surface area contributed by atoms with E-state index in [2.05, 4.69) is 26.6 Å². The van der Waals surface area contributed by atoms with Crippen molar-refractivity contribution in [2.24, 2.45) is 0 Å². The number of anilines is 1. The number of hydrogen-bond acceptors (Lipinski definition) is 3. The van der Waals surface area contributed by atoms with Gasteiger partial charge in [-0.1, -0.05) is 39.7 Å². The Hall–Kier alpha value is -2.83. The Morgan fingerprint density at radius 3 is 2.14 bits per heavy atom. The molecule has 2 amide bonds. The van der Waals surface area contributed by atoms with Gasteiger partial charge in [-0.2, -0.15) is 0 Å². The fourth-order valence-corrected chi connectivity index (χ4v) is 2.97. The van der Waals surface area contributed by atoms with Crippen LogP contribution in [0.15, 0.2) is 77.3 Å². The summed E-state index contributed by atoms with van der Waals surface area (Å²) in [6, 6.07) is 20.4. The Morgan fingerprint density at radius 2 is 1.52 bits per heavy atom. The molecule has 3 aromatic rings. The van der Waals surface area contributed by atoms with E-state index in [0.717, 1.165) is 4.47 Å². The van der Waals surface area contributed by atoms with Crippen molar-refractivity contribution in [1.29, 1.82) is 0 Å². The van der Waals surface area contributed by atoms with Crippen LogP contribution in [0.4, 0.5) is 5.69 Å². The highest BCUT2D eigenvalue weighted by molar-refractivity contribution is 9.10. The molecule has 0 fully saturated rings. The number of rotatable bonds is 6. The van der Waals surface area contributed by atoms with E-state index in [4.69, 9.17) is 16.3 Å². The first-order chi connectivity index (χ1) is 13.9. The summed E-state index contributed by atoms with van der Waals surface area (Å²) >= 11 is 9.39. The summed E-state index contributed by atoms with van der Waals surface area (Å²) in [5.74, 6) is 0.606. The summed E-state index contributed by atoms with van der Waals surface area (Å²) in [4.78, 5) is 24.7. The van der Waals surface area contributed by atoms with Gasteiger partial charge in [0.25, 0.3) is 5.91 Å². The molecule has 0 spiro atoms. The van der Waals surface area contributed by atoms with Gasteiger partial charge in [0.2, 0.25) is 5.91 Å². The number of benzene rings is 3. The van der Waals surface area contributed by atoms with Crippen LogP contribution < -0.4 is 15.4 Å². The normalized spacial score (nSPS) is 11.4. The van der Waals surface area contributed by atoms with Crippen molar-refractivity contribution in [3.8, 4) is 11.5 Å². The Balaban J connectivity index is 1.56. The van der Waals surface area contributed by atoms with Crippen molar-refractivity contribution in [2.75, 3.05) is 5.32 Å². The first-order valence-electron chi connectivity index (χ1n) is 8.82. The molecule has 1 atom stereocenters. The van der Waals surface area contributed by atoms with Crippen LogP contribution in [0.5, 0.6) is 11.5 Å². The van der Waals surface area contributed by atoms with Crippen LogP contribution in [0.1, 0.15) is 17.3 Å². The third-order valence-corrected chi connectivity index (χ3v) is 4.89. The highest BCUT2D eigenvalue weighted by Gasteiger charge is 2.18. The summed E-state index contributed by atoms with van der Waals surface area (Å²) < 4.78 is 6.72. The zero-order chi connectivity index (χ0) is 20.8. The van der Waals surface area contributed by atoms with E-state index in [0.29, 0.717) is 27.8 Å². The highest BCUT2D eigenvalue weighted by atomic mass is 79.9. The SMILES string of the molecule is CC(NC(=O)c1ccccc1Cl)C(=O)Nc1ccc(Oc2ccc(Br)cc2)cc1. The van der Waals surface area contributed by atoms with Gasteiger partial charge < -0.3 is 15.4 Å². The Kier molecular flexibility index (Phi) is 6.90. The molecule has 7 heteroatoms. The summed E-state index contributed by atoms with van der Waals surface area (Å²) in [5, 5.41) is 5.74. The van der Waals surface area contributed by atoms with E-state index in [1.54, 1.807) is 55.5 Å². The van der Waals surface area contributed by atoms with Crippen molar-refractivity contribution in [3.63, 3.8) is 0 Å². The quantitative estimate of drug-likeness (QED) is 0.486. The first kappa shape index (κ1) is 20.9. The third kappa shape index (κ3) is 5.82. The second-order valence-electron chi connectivity index (χ2n) is 6.24. The minimum atomic E-state index is -0.738. The average molecular weight is 474 g/mol. The maximum Gasteiger partial charge on any atom is 0.253 e. The molecule has 0 aromatic heterocycles. The second-order valence-corrected chi connectivity index (χ2v) is 7.57. The van der Waals surface area contributed by atoms with E-state index in [1.807, 2.05) is 24.3 Å². The predicted octanol–water partition coefficient (Wildman–Crippen LogP) is 5.65. The van der Waals surface area contributed by atoms with Crippen molar-refractivity contribution >= 4 is 45.0 Å². The van der Waals surface area contributed by atoms with E-state index >= 15 is 0 Å². The molecule has 0 heterocycles. The summed E-state index contributed by atoms with van der Waals surface area (Å²) in [5.41, 5.74) is 0.917. The van der Waals surface area contributed by atoms with Crippen LogP contribution in [0.2, 0.25) is 5.02 Å². The maximum atomic E-state index is 12.4. The zero-order valence-corrected chi connectivity index (χ0v) is 17.8. The smallest absolute Gasteiger partial charge is 0.253 e. The molecule has 29 heavy (non-hydrogen) atoms. The van der Waals surface area contributed by atoms with Crippen LogP contribution in [0.3, 0.4) is 0 Å². The lowest BCUT2D eigenvalue weighted by Gasteiger charge is -2.15. The number of nitrogens with one attached hydrogen (secondary N) is 2. The lowest BCUT2D eigenvalue weighted by Crippen LogP contribution is -2.41. The molecule has 0 aliphatic carbocycles. The van der Waals surface area contributed by atoms with E-state index < -0.39 is 11.9 Å². The van der Waals surface area contributed by atoms with E-state index in [1.165, 1.54) is 0 Å². The number of carbonyl (C=O) groups is 2. The van der Waals surface area contributed by atoms with Crippen LogP contribution in [0.25, 0.3) is 0 Å². The predicted molar refractivity (Wildman–Crippen MR) is 118 cm³/mol. The Bertz CT molecular complexity index is 1010. The van der Waals surface area contributed by atoms with Gasteiger partial charge in [0.1, 0.15) is 17.5 Å². The molecular weight excluding hydrogens is 456 g/mol. The maximum absolute atomic E-state index is 12.4. The molecule has 0 aliphatic heterocycles. The van der Waals surface area contributed by atoms with Crippen LogP contribution >= 0.6 is 27.5 Å². The topological polar surface area (TPSA) is 67.4 Å². The molecule has 0 saturated heterocycles. The lowest BCUT2D eigenvalue weighted by molar-refractivity contribution is -0.117. The molecule has 0 radical (unpaired) electrons. The minimum absolute atomic E-state index is 0.322. The van der Waals surface area contributed by atoms with Gasteiger partial charge in [-0.15, -0.1) is 0 Å². The fraction of sp³-hybridized carbons (Fsp3) is 0.0909. The van der Waals surface area contributed by atoms with Crippen LogP contribution in [-0.2, 0) is 4.79 Å². The first-order valence-corrected chi connectivity index (χ1v) is 9.99. The van der Waals surface area contributed by atoms with Gasteiger partial charge >= 0.3 is 0 Å². The van der Waals surface area contributed by atoms with Gasteiger partial charge in [-0.3, -0.25) is 9.59 Å². The molecule has 2 N–H and O–H groups in total. The summed E-state index contributed by atoms with van der Waals surface area (Å²) in [7, 11) is 0. The van der Waals surface area contributed by atoms with Gasteiger partial charge in [0, 0.05) is 10.2 Å². The number of ether oxygens (including phenoxy) is 1. The van der Waals surface area contributed by atoms with Gasteiger partial charge in [-0.05, 0) is 67.6 Å². The molecule has 0 saturated carbocycles. The number of carbonyl (C=O) groups excluding carboxylic acids is 2. The highest BCUT2D eigenvalue weighted by Crippen LogP contribution is 2.24. The monoisotopic (exact) mass is 472 g/mol. The average Bonchev–Trinajstić information content (AvgIpc) is 2.71. The van der Waals surface area contributed by atoms with E-state index in [9.17, 15) is 9.59 Å². The summed E-state index contributed by atoms with van der Waals surface area (Å²) in [6.07, 6.45) is 0. The van der Waals surface area contributed by atoms with Gasteiger partial charge in [0.15, 0.2) is 0 Å². The molecule has 3 rings (SSSR count). The van der Waals surface area contributed by atoms with Crippen molar-refractivity contribution in [3.05, 3.63) is 87.9 Å². The third-order valence-electron chi connectivity index (χ3n) is 4.03. The van der Waals surface area contributed by atoms with Crippen molar-refractivity contribution in [1.82, 2.24) is 5.32 Å². The standard InChI is InChI=1S/C22H18BrClN2O3/c1-14(25-22(28)19-4-2-3-5-20(19)24)21(27)26-16-8-12-18(13-9-16)29-17-10-6-15(23)7-11-17/h2-14H,1H3,(H,25,28)(H,26,27).